The van der Waals surface area contributed by atoms with Gasteiger partial charge in [-0.1, -0.05) is 42.5 Å². The van der Waals surface area contributed by atoms with Crippen LogP contribution in [0.15, 0.2) is 71.8 Å². The van der Waals surface area contributed by atoms with Crippen molar-refractivity contribution in [2.75, 3.05) is 40.3 Å². The Morgan fingerprint density at radius 3 is 2.06 bits per heavy atom. The van der Waals surface area contributed by atoms with E-state index in [1.165, 1.54) is 21.3 Å². The van der Waals surface area contributed by atoms with Gasteiger partial charge in [-0.3, -0.25) is 4.79 Å². The maximum absolute atomic E-state index is 13.8. The fraction of sp³-hybridized carbons (Fsp3) is 0.259. The molecule has 4 rings (SSSR count). The lowest BCUT2D eigenvalue weighted by Gasteiger charge is -2.23. The summed E-state index contributed by atoms with van der Waals surface area (Å²) in [4.78, 5) is 15.8. The summed E-state index contributed by atoms with van der Waals surface area (Å²) in [7, 11) is 8.60. The number of amides is 1. The van der Waals surface area contributed by atoms with Crippen molar-refractivity contribution < 1.29 is 19.0 Å². The van der Waals surface area contributed by atoms with Crippen molar-refractivity contribution in [1.29, 1.82) is 0 Å². The van der Waals surface area contributed by atoms with Crippen molar-refractivity contribution in [2.24, 2.45) is 5.10 Å². The summed E-state index contributed by atoms with van der Waals surface area (Å²) in [5.41, 5.74) is 4.37. The average molecular weight is 460 g/mol. The molecule has 0 saturated heterocycles. The number of hydrogen-bond donors (Lipinski definition) is 0. The van der Waals surface area contributed by atoms with E-state index in [2.05, 4.69) is 24.3 Å². The Labute approximate surface area is 200 Å². The molecule has 0 radical (unpaired) electrons. The van der Waals surface area contributed by atoms with Crippen LogP contribution in [0.1, 0.15) is 33.9 Å². The Morgan fingerprint density at radius 2 is 1.53 bits per heavy atom. The molecule has 0 unspecified atom stereocenters. The third-order valence-corrected chi connectivity index (χ3v) is 5.93. The third-order valence-electron chi connectivity index (χ3n) is 5.93. The minimum atomic E-state index is -0.244. The molecule has 0 saturated carbocycles. The summed E-state index contributed by atoms with van der Waals surface area (Å²) in [5, 5.41) is 6.34. The first kappa shape index (κ1) is 23.2. The van der Waals surface area contributed by atoms with E-state index in [0.717, 1.165) is 22.5 Å². The minimum Gasteiger partial charge on any atom is -0.493 e. The van der Waals surface area contributed by atoms with Crippen LogP contribution in [0.3, 0.4) is 0 Å². The van der Waals surface area contributed by atoms with Crippen molar-refractivity contribution in [3.63, 3.8) is 0 Å². The van der Waals surface area contributed by atoms with E-state index in [4.69, 9.17) is 19.3 Å². The van der Waals surface area contributed by atoms with E-state index in [1.54, 1.807) is 17.1 Å². The van der Waals surface area contributed by atoms with Crippen LogP contribution in [0.5, 0.6) is 17.2 Å². The van der Waals surface area contributed by atoms with E-state index in [-0.39, 0.29) is 11.9 Å². The zero-order valence-corrected chi connectivity index (χ0v) is 20.1. The molecule has 0 bridgehead atoms. The fourth-order valence-electron chi connectivity index (χ4n) is 4.09. The number of benzene rings is 3. The molecule has 1 aliphatic heterocycles. The number of hydrazone groups is 1. The molecule has 0 aliphatic carbocycles. The molecule has 3 aromatic carbocycles. The maximum Gasteiger partial charge on any atom is 0.274 e. The summed E-state index contributed by atoms with van der Waals surface area (Å²) >= 11 is 0. The molecule has 3 aromatic rings. The molecule has 7 heteroatoms. The van der Waals surface area contributed by atoms with E-state index >= 15 is 0 Å². The molecule has 1 heterocycles. The van der Waals surface area contributed by atoms with Gasteiger partial charge in [0, 0.05) is 31.8 Å². The lowest BCUT2D eigenvalue weighted by atomic mass is 9.98. The van der Waals surface area contributed by atoms with E-state index in [9.17, 15) is 4.79 Å². The molecule has 0 fully saturated rings. The van der Waals surface area contributed by atoms with Gasteiger partial charge in [0.05, 0.1) is 33.1 Å². The third kappa shape index (κ3) is 4.41. The average Bonchev–Trinajstić information content (AvgIpc) is 3.33. The normalized spacial score (nSPS) is 15.0. The predicted octanol–water partition coefficient (Wildman–Crippen LogP) is 4.77. The first-order valence-electron chi connectivity index (χ1n) is 11.0. The van der Waals surface area contributed by atoms with Crippen molar-refractivity contribution in [3.05, 3.63) is 83.4 Å². The van der Waals surface area contributed by atoms with Gasteiger partial charge in [-0.05, 0) is 35.4 Å². The Hall–Kier alpha value is -4.00. The number of anilines is 1. The van der Waals surface area contributed by atoms with Crippen molar-refractivity contribution >= 4 is 17.3 Å². The van der Waals surface area contributed by atoms with Crippen LogP contribution < -0.4 is 19.1 Å². The molecular weight excluding hydrogens is 430 g/mol. The maximum atomic E-state index is 13.8. The van der Waals surface area contributed by atoms with E-state index in [1.807, 2.05) is 49.3 Å². The molecule has 7 nitrogen and oxygen atoms in total. The standard InChI is InChI=1S/C27H29N3O4/c1-29(2)21-13-11-19(12-14-21)23-17-22(18-9-7-6-8-10-18)28-30(23)27(31)20-15-24(32-3)26(34-5)25(16-20)33-4/h6-16,23H,17H2,1-5H3/t23-/m0/s1. The number of methoxy groups -OCH3 is 3. The molecular formula is C27H29N3O4. The van der Waals surface area contributed by atoms with Crippen LogP contribution >= 0.6 is 0 Å². The summed E-state index contributed by atoms with van der Waals surface area (Å²) in [6.45, 7) is 0. The van der Waals surface area contributed by atoms with Gasteiger partial charge in [0.15, 0.2) is 11.5 Å². The zero-order chi connectivity index (χ0) is 24.2. The van der Waals surface area contributed by atoms with Gasteiger partial charge in [0.25, 0.3) is 5.91 Å². The highest BCUT2D eigenvalue weighted by Gasteiger charge is 2.34. The SMILES string of the molecule is COc1cc(C(=O)N2N=C(c3ccccc3)C[C@H]2c2ccc(N(C)C)cc2)cc(OC)c1OC. The molecule has 0 N–H and O–H groups in total. The van der Waals surface area contributed by atoms with Gasteiger partial charge in [-0.25, -0.2) is 5.01 Å². The second kappa shape index (κ2) is 9.87. The molecule has 1 aliphatic rings. The van der Waals surface area contributed by atoms with Gasteiger partial charge in [-0.2, -0.15) is 5.10 Å². The fourth-order valence-corrected chi connectivity index (χ4v) is 4.09. The lowest BCUT2D eigenvalue weighted by molar-refractivity contribution is 0.0710. The second-order valence-electron chi connectivity index (χ2n) is 8.18. The van der Waals surface area contributed by atoms with Crippen LogP contribution in [0, 0.1) is 0 Å². The highest BCUT2D eigenvalue weighted by Crippen LogP contribution is 2.40. The van der Waals surface area contributed by atoms with Crippen LogP contribution in [0.25, 0.3) is 0 Å². The summed E-state index contributed by atoms with van der Waals surface area (Å²) in [6, 6.07) is 21.2. The zero-order valence-electron chi connectivity index (χ0n) is 20.1. The van der Waals surface area contributed by atoms with Gasteiger partial charge >= 0.3 is 0 Å². The first-order chi connectivity index (χ1) is 16.5. The van der Waals surface area contributed by atoms with Crippen molar-refractivity contribution in [1.82, 2.24) is 5.01 Å². The van der Waals surface area contributed by atoms with E-state index in [0.29, 0.717) is 29.2 Å². The van der Waals surface area contributed by atoms with Crippen LogP contribution in [0.2, 0.25) is 0 Å². The number of nitrogens with zero attached hydrogens (tertiary/aromatic N) is 3. The van der Waals surface area contributed by atoms with E-state index < -0.39 is 0 Å². The summed E-state index contributed by atoms with van der Waals surface area (Å²) in [6.07, 6.45) is 0.613. The second-order valence-corrected chi connectivity index (χ2v) is 8.18. The largest absolute Gasteiger partial charge is 0.493 e. The van der Waals surface area contributed by atoms with Crippen LogP contribution in [0.4, 0.5) is 5.69 Å². The quantitative estimate of drug-likeness (QED) is 0.509. The van der Waals surface area contributed by atoms with Crippen molar-refractivity contribution in [2.45, 2.75) is 12.5 Å². The monoisotopic (exact) mass is 459 g/mol. The van der Waals surface area contributed by atoms with Gasteiger partial charge in [0.2, 0.25) is 5.75 Å². The Bertz CT molecular complexity index is 1170. The first-order valence-corrected chi connectivity index (χ1v) is 11.0. The van der Waals surface area contributed by atoms with Crippen LogP contribution in [-0.4, -0.2) is 52.1 Å². The van der Waals surface area contributed by atoms with Gasteiger partial charge < -0.3 is 19.1 Å². The molecule has 1 atom stereocenters. The Balaban J connectivity index is 1.76. The summed E-state index contributed by atoms with van der Waals surface area (Å²) < 4.78 is 16.3. The molecule has 0 aromatic heterocycles. The predicted molar refractivity (Wildman–Crippen MR) is 133 cm³/mol. The minimum absolute atomic E-state index is 0.238. The smallest absolute Gasteiger partial charge is 0.274 e. The number of rotatable bonds is 7. The number of carbonyl (C=O) groups is 1. The number of ether oxygens (including phenoxy) is 3. The highest BCUT2D eigenvalue weighted by atomic mass is 16.5. The molecule has 176 valence electrons. The molecule has 0 spiro atoms. The lowest BCUT2D eigenvalue weighted by Crippen LogP contribution is -2.27. The molecule has 1 amide bonds. The van der Waals surface area contributed by atoms with Crippen molar-refractivity contribution in [3.8, 4) is 17.2 Å². The van der Waals surface area contributed by atoms with Crippen LogP contribution in [-0.2, 0) is 0 Å². The van der Waals surface area contributed by atoms with Gasteiger partial charge in [0.1, 0.15) is 0 Å². The number of carbonyl (C=O) groups excluding carboxylic acids is 1. The topological polar surface area (TPSA) is 63.6 Å². The molecule has 34 heavy (non-hydrogen) atoms. The number of hydrogen-bond acceptors (Lipinski definition) is 6. The summed E-state index contributed by atoms with van der Waals surface area (Å²) in [5.74, 6) is 1.03. The Morgan fingerprint density at radius 1 is 0.912 bits per heavy atom. The highest BCUT2D eigenvalue weighted by molar-refractivity contribution is 6.05. The van der Waals surface area contributed by atoms with Gasteiger partial charge in [-0.15, -0.1) is 0 Å². The Kier molecular flexibility index (Phi) is 6.72.